The number of hydrogen-bond acceptors (Lipinski definition) is 2. The highest BCUT2D eigenvalue weighted by Gasteiger charge is 2.10. The van der Waals surface area contributed by atoms with E-state index in [1.54, 1.807) is 0 Å². The molecule has 0 N–H and O–H groups in total. The zero-order valence-corrected chi connectivity index (χ0v) is 15.5. The molecule has 2 heteroatoms. The quantitative estimate of drug-likeness (QED) is 0.235. The number of carbonyl (C=O) groups is 1. The van der Waals surface area contributed by atoms with Gasteiger partial charge in [-0.05, 0) is 18.8 Å². The number of ether oxygens (including phenoxy) is 1. The van der Waals surface area contributed by atoms with E-state index in [0.717, 1.165) is 12.8 Å². The van der Waals surface area contributed by atoms with Gasteiger partial charge in [-0.3, -0.25) is 4.79 Å². The van der Waals surface area contributed by atoms with Gasteiger partial charge >= 0.3 is 5.97 Å². The average Bonchev–Trinajstić information content (AvgIpc) is 2.53. The molecule has 0 bridgehead atoms. The van der Waals surface area contributed by atoms with E-state index < -0.39 is 0 Å². The van der Waals surface area contributed by atoms with Crippen LogP contribution in [0.1, 0.15) is 111 Å². The molecular weight excluding hydrogens is 272 g/mol. The van der Waals surface area contributed by atoms with Crippen LogP contribution in [0.2, 0.25) is 0 Å². The van der Waals surface area contributed by atoms with Crippen molar-refractivity contribution in [2.45, 2.75) is 111 Å². The number of esters is 1. The highest BCUT2D eigenvalue weighted by atomic mass is 16.5. The van der Waals surface area contributed by atoms with Crippen LogP contribution in [-0.4, -0.2) is 12.6 Å². The largest absolute Gasteiger partial charge is 0.466 e. The van der Waals surface area contributed by atoms with E-state index in [-0.39, 0.29) is 5.97 Å². The topological polar surface area (TPSA) is 26.3 Å². The first-order chi connectivity index (χ1) is 10.7. The molecule has 0 saturated heterocycles. The van der Waals surface area contributed by atoms with E-state index >= 15 is 0 Å². The average molecular weight is 313 g/mol. The Morgan fingerprint density at radius 2 is 1.36 bits per heavy atom. The Morgan fingerprint density at radius 1 is 0.773 bits per heavy atom. The van der Waals surface area contributed by atoms with E-state index in [9.17, 15) is 4.79 Å². The fourth-order valence-corrected chi connectivity index (χ4v) is 2.86. The minimum absolute atomic E-state index is 0.0119. The van der Waals surface area contributed by atoms with Crippen molar-refractivity contribution in [3.05, 3.63) is 0 Å². The lowest BCUT2D eigenvalue weighted by molar-refractivity contribution is -0.144. The van der Waals surface area contributed by atoms with Crippen LogP contribution in [0.4, 0.5) is 0 Å². The highest BCUT2D eigenvalue weighted by Crippen LogP contribution is 2.18. The molecule has 0 amide bonds. The summed E-state index contributed by atoms with van der Waals surface area (Å²) in [5, 5.41) is 0. The van der Waals surface area contributed by atoms with Gasteiger partial charge in [0.2, 0.25) is 0 Å². The molecule has 0 saturated carbocycles. The zero-order valence-electron chi connectivity index (χ0n) is 15.5. The molecule has 0 aliphatic carbocycles. The Hall–Kier alpha value is -0.530. The molecule has 1 atom stereocenters. The Labute approximate surface area is 139 Å². The monoisotopic (exact) mass is 312 g/mol. The molecule has 0 aromatic rings. The van der Waals surface area contributed by atoms with Crippen molar-refractivity contribution in [1.82, 2.24) is 0 Å². The second-order valence-electron chi connectivity index (χ2n) is 6.65. The van der Waals surface area contributed by atoms with Crippen LogP contribution in [-0.2, 0) is 9.53 Å². The SMILES string of the molecule is CCCCCCCCCCOC(=O)CCC(CC)CCCC. The van der Waals surface area contributed by atoms with Gasteiger partial charge in [0.15, 0.2) is 0 Å². The fraction of sp³-hybridized carbons (Fsp3) is 0.950. The summed E-state index contributed by atoms with van der Waals surface area (Å²) in [6, 6.07) is 0. The van der Waals surface area contributed by atoms with Gasteiger partial charge in [0.25, 0.3) is 0 Å². The Morgan fingerprint density at radius 3 is 1.95 bits per heavy atom. The van der Waals surface area contributed by atoms with Gasteiger partial charge in [0.1, 0.15) is 0 Å². The maximum atomic E-state index is 11.7. The molecule has 0 aliphatic heterocycles. The molecule has 22 heavy (non-hydrogen) atoms. The van der Waals surface area contributed by atoms with E-state index in [2.05, 4.69) is 20.8 Å². The predicted octanol–water partition coefficient (Wildman–Crippen LogP) is 6.67. The summed E-state index contributed by atoms with van der Waals surface area (Å²) >= 11 is 0. The van der Waals surface area contributed by atoms with E-state index in [0.29, 0.717) is 18.9 Å². The summed E-state index contributed by atoms with van der Waals surface area (Å²) < 4.78 is 5.35. The minimum atomic E-state index is 0.0119. The lowest BCUT2D eigenvalue weighted by Gasteiger charge is -2.13. The van der Waals surface area contributed by atoms with Crippen molar-refractivity contribution in [2.24, 2.45) is 5.92 Å². The van der Waals surface area contributed by atoms with Crippen LogP contribution in [0.5, 0.6) is 0 Å². The molecule has 0 rings (SSSR count). The molecule has 0 aromatic carbocycles. The van der Waals surface area contributed by atoms with E-state index in [1.807, 2.05) is 0 Å². The van der Waals surface area contributed by atoms with Gasteiger partial charge < -0.3 is 4.74 Å². The molecular formula is C20H40O2. The van der Waals surface area contributed by atoms with Gasteiger partial charge in [-0.1, -0.05) is 91.4 Å². The zero-order chi connectivity index (χ0) is 16.5. The summed E-state index contributed by atoms with van der Waals surface area (Å²) in [6.45, 7) is 7.33. The van der Waals surface area contributed by atoms with Crippen LogP contribution in [0.15, 0.2) is 0 Å². The number of carbonyl (C=O) groups excluding carboxylic acids is 1. The third-order valence-electron chi connectivity index (χ3n) is 4.56. The van der Waals surface area contributed by atoms with Gasteiger partial charge in [0.05, 0.1) is 6.61 Å². The maximum absolute atomic E-state index is 11.7. The van der Waals surface area contributed by atoms with Crippen LogP contribution in [0.25, 0.3) is 0 Å². The van der Waals surface area contributed by atoms with Crippen molar-refractivity contribution in [1.29, 1.82) is 0 Å². The van der Waals surface area contributed by atoms with Gasteiger partial charge in [-0.25, -0.2) is 0 Å². The standard InChI is InChI=1S/C20H40O2/c1-4-7-9-10-11-12-13-14-18-22-20(21)17-16-19(6-3)15-8-5-2/h19H,4-18H2,1-3H3. The second-order valence-corrected chi connectivity index (χ2v) is 6.65. The molecule has 0 radical (unpaired) electrons. The lowest BCUT2D eigenvalue weighted by Crippen LogP contribution is -2.09. The van der Waals surface area contributed by atoms with Gasteiger partial charge in [0, 0.05) is 6.42 Å². The molecule has 2 nitrogen and oxygen atoms in total. The Kier molecular flexibility index (Phi) is 16.4. The third kappa shape index (κ3) is 14.4. The second kappa shape index (κ2) is 16.8. The molecule has 132 valence electrons. The predicted molar refractivity (Wildman–Crippen MR) is 96.1 cm³/mol. The minimum Gasteiger partial charge on any atom is -0.466 e. The number of hydrogen-bond donors (Lipinski definition) is 0. The summed E-state index contributed by atoms with van der Waals surface area (Å²) in [5.41, 5.74) is 0. The first-order valence-corrected chi connectivity index (χ1v) is 9.90. The lowest BCUT2D eigenvalue weighted by atomic mass is 9.94. The van der Waals surface area contributed by atoms with Crippen LogP contribution in [0, 0.1) is 5.92 Å². The van der Waals surface area contributed by atoms with Gasteiger partial charge in [-0.2, -0.15) is 0 Å². The van der Waals surface area contributed by atoms with Crippen molar-refractivity contribution in [3.63, 3.8) is 0 Å². The molecule has 0 aliphatic rings. The number of rotatable bonds is 16. The number of unbranched alkanes of at least 4 members (excludes halogenated alkanes) is 8. The van der Waals surface area contributed by atoms with E-state index in [4.69, 9.17) is 4.74 Å². The molecule has 0 heterocycles. The fourth-order valence-electron chi connectivity index (χ4n) is 2.86. The van der Waals surface area contributed by atoms with Crippen LogP contribution < -0.4 is 0 Å². The maximum Gasteiger partial charge on any atom is 0.305 e. The normalized spacial score (nSPS) is 12.3. The summed E-state index contributed by atoms with van der Waals surface area (Å²) in [7, 11) is 0. The van der Waals surface area contributed by atoms with Crippen molar-refractivity contribution in [3.8, 4) is 0 Å². The van der Waals surface area contributed by atoms with Crippen LogP contribution in [0.3, 0.4) is 0 Å². The summed E-state index contributed by atoms with van der Waals surface area (Å²) in [4.78, 5) is 11.7. The van der Waals surface area contributed by atoms with E-state index in [1.165, 1.54) is 70.6 Å². The Balaban J connectivity index is 3.38. The smallest absolute Gasteiger partial charge is 0.305 e. The molecule has 0 aromatic heterocycles. The summed E-state index contributed by atoms with van der Waals surface area (Å²) in [5.74, 6) is 0.716. The molecule has 1 unspecified atom stereocenters. The molecule has 0 spiro atoms. The first kappa shape index (κ1) is 21.5. The highest BCUT2D eigenvalue weighted by molar-refractivity contribution is 5.69. The van der Waals surface area contributed by atoms with Crippen molar-refractivity contribution in [2.75, 3.05) is 6.61 Å². The summed E-state index contributed by atoms with van der Waals surface area (Å²) in [6.07, 6.45) is 16.9. The third-order valence-corrected chi connectivity index (χ3v) is 4.56. The molecule has 0 fully saturated rings. The Bertz CT molecular complexity index is 238. The van der Waals surface area contributed by atoms with Gasteiger partial charge in [-0.15, -0.1) is 0 Å². The van der Waals surface area contributed by atoms with Crippen molar-refractivity contribution < 1.29 is 9.53 Å². The van der Waals surface area contributed by atoms with Crippen molar-refractivity contribution >= 4 is 5.97 Å². The first-order valence-electron chi connectivity index (χ1n) is 9.90. The van der Waals surface area contributed by atoms with Crippen LogP contribution >= 0.6 is 0 Å².